The maximum Gasteiger partial charge on any atom is 0.258 e. The molecule has 0 bridgehead atoms. The van der Waals surface area contributed by atoms with Gasteiger partial charge in [-0.1, -0.05) is 172 Å². The Morgan fingerprint density at radius 1 is 0.747 bits per heavy atom. The van der Waals surface area contributed by atoms with E-state index in [1.54, 1.807) is 27.1 Å². The summed E-state index contributed by atoms with van der Waals surface area (Å²) in [5.74, 6) is 3.01. The van der Waals surface area contributed by atoms with Gasteiger partial charge in [-0.15, -0.1) is 0 Å². The Morgan fingerprint density at radius 2 is 1.33 bits per heavy atom. The zero-order valence-corrected chi connectivity index (χ0v) is 53.1. The second-order valence-electron chi connectivity index (χ2n) is 21.8. The molecule has 0 radical (unpaired) electrons. The van der Waals surface area contributed by atoms with E-state index in [1.165, 1.54) is 126 Å². The maximum atomic E-state index is 13.3. The van der Waals surface area contributed by atoms with Crippen LogP contribution in [-0.4, -0.2) is 70.7 Å². The number of aryl methyl sites for hydroxylation is 5. The molecule has 446 valence electrons. The number of rotatable bonds is 20. The quantitative estimate of drug-likeness (QED) is 0.0517. The number of ether oxygens (including phenoxy) is 1. The van der Waals surface area contributed by atoms with E-state index in [0.717, 1.165) is 89.0 Å². The van der Waals surface area contributed by atoms with E-state index in [4.69, 9.17) is 9.72 Å². The first-order valence-corrected chi connectivity index (χ1v) is 30.3. The molecule has 2 N–H and O–H groups in total. The molecular weight excluding hydrogens is 991 g/mol. The van der Waals surface area contributed by atoms with Crippen molar-refractivity contribution in [1.29, 1.82) is 0 Å². The van der Waals surface area contributed by atoms with Gasteiger partial charge in [-0.05, 0) is 104 Å². The van der Waals surface area contributed by atoms with Crippen molar-refractivity contribution in [3.63, 3.8) is 0 Å². The highest BCUT2D eigenvalue weighted by Crippen LogP contribution is 2.28. The van der Waals surface area contributed by atoms with Crippen LogP contribution in [0, 0.1) is 50.2 Å². The number of fused-ring (bicyclic) bond motifs is 1. The molecule has 2 aromatic carbocycles. The summed E-state index contributed by atoms with van der Waals surface area (Å²) in [5, 5.41) is 5.47. The van der Waals surface area contributed by atoms with E-state index < -0.39 is 11.6 Å². The number of pyridine rings is 1. The number of carbonyl (C=O) groups is 3. The van der Waals surface area contributed by atoms with Crippen LogP contribution in [0.15, 0.2) is 48.2 Å². The summed E-state index contributed by atoms with van der Waals surface area (Å²) >= 11 is 0. The molecule has 3 atom stereocenters. The second-order valence-corrected chi connectivity index (χ2v) is 21.8. The highest BCUT2D eigenvalue weighted by Gasteiger charge is 2.27. The van der Waals surface area contributed by atoms with Crippen LogP contribution in [0.3, 0.4) is 0 Å². The third-order valence-corrected chi connectivity index (χ3v) is 14.7. The number of allylic oxidation sites excluding steroid dienone is 1. The average Bonchev–Trinajstić information content (AvgIpc) is 4.12. The molecule has 2 amide bonds. The largest absolute Gasteiger partial charge is 0.500 e. The third kappa shape index (κ3) is 30.8. The van der Waals surface area contributed by atoms with Crippen molar-refractivity contribution in [3.05, 3.63) is 93.5 Å². The average molecular weight is 1100 g/mol. The minimum Gasteiger partial charge on any atom is -0.500 e. The predicted molar refractivity (Wildman–Crippen MR) is 333 cm³/mol. The molecule has 3 heterocycles. The van der Waals surface area contributed by atoms with Gasteiger partial charge in [0.1, 0.15) is 42.8 Å². The molecule has 1 fully saturated rings. The lowest BCUT2D eigenvalue weighted by molar-refractivity contribution is -0.497. The molecule has 2 aromatic heterocycles. The minimum absolute atomic E-state index is 0.00292. The molecule has 1 saturated carbocycles. The van der Waals surface area contributed by atoms with Crippen molar-refractivity contribution in [2.24, 2.45) is 24.8 Å². The van der Waals surface area contributed by atoms with Crippen molar-refractivity contribution in [2.75, 3.05) is 33.1 Å². The van der Waals surface area contributed by atoms with Gasteiger partial charge in [-0.2, -0.15) is 0 Å². The zero-order chi connectivity index (χ0) is 59.9. The number of aromatic nitrogens is 3. The maximum absolute atomic E-state index is 13.3. The molecule has 0 spiro atoms. The summed E-state index contributed by atoms with van der Waals surface area (Å²) in [7, 11) is 7.26. The summed E-state index contributed by atoms with van der Waals surface area (Å²) in [5.41, 5.74) is 9.07. The number of amides is 2. The van der Waals surface area contributed by atoms with Crippen molar-refractivity contribution < 1.29 is 32.5 Å². The van der Waals surface area contributed by atoms with Gasteiger partial charge < -0.3 is 19.4 Å². The molecule has 1 aliphatic carbocycles. The number of nitrogens with one attached hydrogen (secondary N) is 2. The molecule has 6 rings (SSSR count). The Morgan fingerprint density at radius 3 is 1.82 bits per heavy atom. The highest BCUT2D eigenvalue weighted by molar-refractivity contribution is 6.21. The van der Waals surface area contributed by atoms with Crippen LogP contribution in [-0.2, 0) is 27.8 Å². The number of carbonyl (C=O) groups excluding carboxylic acids is 3. The SMILES string of the molecule is C1CCCC1.CCCC.CCCC(C)CC[C@H](C)CC.CCCC[C@H](C)CC.CCc1cc2nc(NC(=O)c3cc(C)nc(C4=C(OC)CC[N+](C)=C4C)c3)n(C)c2cc1C.CNC(=O)CCCC=O.Cc1cc(F)cc(F)c1. The summed E-state index contributed by atoms with van der Waals surface area (Å²) in [6.07, 6.45) is 26.8. The number of methoxy groups -OCH3 is 1. The number of nitrogens with zero attached hydrogens (tertiary/aromatic N) is 4. The van der Waals surface area contributed by atoms with Crippen molar-refractivity contribution in [1.82, 2.24) is 19.9 Å². The van der Waals surface area contributed by atoms with Crippen LogP contribution >= 0.6 is 0 Å². The number of benzene rings is 2. The van der Waals surface area contributed by atoms with Gasteiger partial charge in [-0.3, -0.25) is 19.9 Å². The number of imidazole rings is 1. The van der Waals surface area contributed by atoms with E-state index >= 15 is 0 Å². The summed E-state index contributed by atoms with van der Waals surface area (Å²) < 4.78 is 34.2. The molecular formula is C67H111F2N6O4+. The fourth-order valence-electron chi connectivity index (χ4n) is 8.68. The monoisotopic (exact) mass is 1100 g/mol. The predicted octanol–water partition coefficient (Wildman–Crippen LogP) is 17.9. The first-order valence-electron chi connectivity index (χ1n) is 30.3. The first-order chi connectivity index (χ1) is 37.6. The van der Waals surface area contributed by atoms with E-state index in [-0.39, 0.29) is 11.8 Å². The van der Waals surface area contributed by atoms with E-state index in [0.29, 0.717) is 36.3 Å². The van der Waals surface area contributed by atoms with Crippen LogP contribution in [0.4, 0.5) is 14.7 Å². The topological polar surface area (TPSA) is 118 Å². The number of hydrogen-bond acceptors (Lipinski definition) is 6. The number of anilines is 1. The minimum atomic E-state index is -0.521. The summed E-state index contributed by atoms with van der Waals surface area (Å²) in [4.78, 5) is 42.9. The molecule has 0 saturated heterocycles. The molecule has 4 aromatic rings. The first kappa shape index (κ1) is 73.7. The molecule has 1 aliphatic heterocycles. The molecule has 10 nitrogen and oxygen atoms in total. The number of unbranched alkanes of at least 4 members (excludes halogenated alkanes) is 3. The summed E-state index contributed by atoms with van der Waals surface area (Å²) in [6.45, 7) is 31.3. The van der Waals surface area contributed by atoms with Crippen molar-refractivity contribution in [2.45, 2.75) is 232 Å². The number of hydrogen-bond donors (Lipinski definition) is 2. The Balaban J connectivity index is 0.00000108. The lowest BCUT2D eigenvalue weighted by Crippen LogP contribution is -2.25. The van der Waals surface area contributed by atoms with Gasteiger partial charge in [0.2, 0.25) is 11.9 Å². The molecule has 12 heteroatoms. The standard InChI is InChI=1S/C26H31N5O2.C11H24.C8H18.C7H6F2.C6H11NO2.C5H10.C4H10/c1-8-18-13-20-22(11-15(18)2)31(6)26(28-20)29-25(32)19-12-16(3)27-21(14-19)24-17(4)30(5)10-9-23(24)33-7;1-5-7-11(4)9-8-10(3)6-2;1-4-6-7-8(3)5-2;1-5-2-6(8)4-7(9)3-5;1-7-6(9)4-2-3-5-8;1-2-4-5-3-1;1-3-4-2/h11-14H,8-10H2,1-7H3;10-11H,5-9H2,1-4H3;8H,4-7H2,1-3H3;2-4H,1H3;5H,2-4H2,1H3,(H,7,9);1-5H2;3-4H2,1-2H3/p+1/t;10-,11?;8-;;;;/m.11..../s1. The normalized spacial score (nSPS) is 13.6. The fraction of sp³-hybridized carbons (Fsp3) is 0.642. The molecule has 2 aliphatic rings. The van der Waals surface area contributed by atoms with Crippen LogP contribution in [0.1, 0.15) is 243 Å². The third-order valence-electron chi connectivity index (χ3n) is 14.7. The Labute approximate surface area is 479 Å². The van der Waals surface area contributed by atoms with Crippen LogP contribution < -0.4 is 10.6 Å². The Hall–Kier alpha value is -5.26. The van der Waals surface area contributed by atoms with Crippen molar-refractivity contribution in [3.8, 4) is 0 Å². The molecule has 79 heavy (non-hydrogen) atoms. The van der Waals surface area contributed by atoms with Gasteiger partial charge >= 0.3 is 0 Å². The Kier molecular flexibility index (Phi) is 40.6. The zero-order valence-electron chi connectivity index (χ0n) is 53.1. The summed E-state index contributed by atoms with van der Waals surface area (Å²) in [6, 6.07) is 11.3. The number of aldehydes is 1. The van der Waals surface area contributed by atoms with E-state index in [2.05, 4.69) is 122 Å². The van der Waals surface area contributed by atoms with E-state index in [9.17, 15) is 23.2 Å². The van der Waals surface area contributed by atoms with Crippen LogP contribution in [0.5, 0.6) is 0 Å². The van der Waals surface area contributed by atoms with Gasteiger partial charge in [0.15, 0.2) is 5.71 Å². The second kappa shape index (κ2) is 43.5. The fourth-order valence-corrected chi connectivity index (χ4v) is 8.68. The molecule has 1 unspecified atom stereocenters. The van der Waals surface area contributed by atoms with E-state index in [1.807, 2.05) is 24.6 Å². The number of halogens is 2. The van der Waals surface area contributed by atoms with Gasteiger partial charge in [0.05, 0.1) is 30.3 Å². The smallest absolute Gasteiger partial charge is 0.258 e. The van der Waals surface area contributed by atoms with Gasteiger partial charge in [0.25, 0.3) is 5.91 Å². The van der Waals surface area contributed by atoms with Gasteiger partial charge in [0, 0.05) is 51.2 Å². The van der Waals surface area contributed by atoms with Crippen LogP contribution in [0.25, 0.3) is 16.6 Å². The Bertz CT molecular complexity index is 2340. The van der Waals surface area contributed by atoms with Crippen LogP contribution in [0.2, 0.25) is 0 Å². The lowest BCUT2D eigenvalue weighted by Gasteiger charge is -2.18. The van der Waals surface area contributed by atoms with Gasteiger partial charge in [-0.25, -0.2) is 18.3 Å². The highest BCUT2D eigenvalue weighted by atomic mass is 19.1. The van der Waals surface area contributed by atoms with Crippen molar-refractivity contribution >= 4 is 46.4 Å². The lowest BCUT2D eigenvalue weighted by atomic mass is 9.94.